The highest BCUT2D eigenvalue weighted by Crippen LogP contribution is 2.65. The molecule has 3 fully saturated rings. The van der Waals surface area contributed by atoms with Crippen LogP contribution in [0.15, 0.2) is 79.9 Å². The summed E-state index contributed by atoms with van der Waals surface area (Å²) in [5.74, 6) is -3.14. The number of fused-ring (bicyclic) bond motifs is 1. The summed E-state index contributed by atoms with van der Waals surface area (Å²) >= 11 is 6.58. The SMILES string of the molecule is C=CCCCOC(=O)[C@@H]1[C@H]2C(=O)N([C@H](CO)c3ccccc3)C(C(=O)N(CC=C)c3ccccc3Cl)C23CC[C@@]1(CC)O3. The molecular formula is C34H39ClN2O6. The molecule has 1 spiro atoms. The number of likely N-dealkylation sites (tertiary alicyclic amines) is 1. The summed E-state index contributed by atoms with van der Waals surface area (Å²) < 4.78 is 12.6. The van der Waals surface area contributed by atoms with E-state index in [9.17, 15) is 19.5 Å². The van der Waals surface area contributed by atoms with E-state index in [1.165, 1.54) is 9.80 Å². The van der Waals surface area contributed by atoms with Gasteiger partial charge in [0.1, 0.15) is 17.6 Å². The van der Waals surface area contributed by atoms with Crippen molar-refractivity contribution in [1.82, 2.24) is 4.90 Å². The number of unbranched alkanes of at least 4 members (excludes halogenated alkanes) is 1. The number of aliphatic hydroxyl groups excluding tert-OH is 1. The number of rotatable bonds is 13. The van der Waals surface area contributed by atoms with Gasteiger partial charge in [0.2, 0.25) is 5.91 Å². The van der Waals surface area contributed by atoms with Crippen molar-refractivity contribution in [3.05, 3.63) is 90.5 Å². The zero-order valence-electron chi connectivity index (χ0n) is 24.5. The van der Waals surface area contributed by atoms with E-state index in [0.717, 1.165) is 0 Å². The number of carbonyl (C=O) groups excluding carboxylic acids is 3. The van der Waals surface area contributed by atoms with Crippen molar-refractivity contribution in [1.29, 1.82) is 0 Å². The smallest absolute Gasteiger partial charge is 0.312 e. The Bertz CT molecular complexity index is 1380. The second-order valence-corrected chi connectivity index (χ2v) is 11.9. The normalized spacial score (nSPS) is 27.9. The number of hydrogen-bond donors (Lipinski definition) is 1. The van der Waals surface area contributed by atoms with Gasteiger partial charge in [0.05, 0.1) is 41.5 Å². The monoisotopic (exact) mass is 606 g/mol. The molecular weight excluding hydrogens is 568 g/mol. The molecule has 2 amide bonds. The standard InChI is InChI=1S/C34H39ClN2O6/c1-4-7-13-21-42-32(41)28-27-30(39)37(26(22-38)23-14-9-8-10-15-23)29(34(27)19-18-33(28,6-3)43-34)31(40)36(20-5-2)25-17-12-11-16-24(25)35/h4-5,8-12,14-17,26-29,38H,1-2,6-7,13,18-22H2,3H3/t26-,27+,28+,29?,33-,34?/m1/s1. The first-order valence-corrected chi connectivity index (χ1v) is 15.3. The Kier molecular flexibility index (Phi) is 9.11. The predicted octanol–water partition coefficient (Wildman–Crippen LogP) is 5.26. The third-order valence-electron chi connectivity index (χ3n) is 9.32. The van der Waals surface area contributed by atoms with E-state index >= 15 is 0 Å². The number of allylic oxidation sites excluding steroid dienone is 1. The molecule has 228 valence electrons. The van der Waals surface area contributed by atoms with Crippen LogP contribution in [0.2, 0.25) is 5.02 Å². The molecule has 3 aliphatic rings. The summed E-state index contributed by atoms with van der Waals surface area (Å²) in [6.45, 7) is 9.41. The highest BCUT2D eigenvalue weighted by atomic mass is 35.5. The largest absolute Gasteiger partial charge is 0.465 e. The number of aliphatic hydroxyl groups is 1. The molecule has 2 aromatic rings. The quantitative estimate of drug-likeness (QED) is 0.190. The molecule has 2 aromatic carbocycles. The molecule has 8 nitrogen and oxygen atoms in total. The molecule has 43 heavy (non-hydrogen) atoms. The maximum absolute atomic E-state index is 14.9. The first-order valence-electron chi connectivity index (χ1n) is 14.9. The Hall–Kier alpha value is -3.46. The minimum absolute atomic E-state index is 0.130. The van der Waals surface area contributed by atoms with E-state index in [4.69, 9.17) is 21.1 Å². The number of esters is 1. The molecule has 3 heterocycles. The molecule has 2 unspecified atom stereocenters. The lowest BCUT2D eigenvalue weighted by atomic mass is 9.65. The number of carbonyl (C=O) groups is 3. The Morgan fingerprint density at radius 2 is 1.88 bits per heavy atom. The van der Waals surface area contributed by atoms with Crippen LogP contribution in [0.3, 0.4) is 0 Å². The first-order chi connectivity index (χ1) is 20.8. The third kappa shape index (κ3) is 5.09. The van der Waals surface area contributed by atoms with Gasteiger partial charge in [-0.2, -0.15) is 0 Å². The lowest BCUT2D eigenvalue weighted by molar-refractivity contribution is -0.162. The number of para-hydroxylation sites is 1. The van der Waals surface area contributed by atoms with Crippen LogP contribution in [0.5, 0.6) is 0 Å². The van der Waals surface area contributed by atoms with Gasteiger partial charge in [-0.15, -0.1) is 13.2 Å². The van der Waals surface area contributed by atoms with Crippen molar-refractivity contribution < 1.29 is 29.0 Å². The van der Waals surface area contributed by atoms with Gasteiger partial charge in [-0.05, 0) is 49.8 Å². The van der Waals surface area contributed by atoms with Gasteiger partial charge in [-0.1, -0.05) is 73.1 Å². The van der Waals surface area contributed by atoms with Crippen LogP contribution in [-0.4, -0.2) is 64.8 Å². The average Bonchev–Trinajstić information content (AvgIpc) is 3.63. The van der Waals surface area contributed by atoms with E-state index < -0.39 is 59.5 Å². The maximum Gasteiger partial charge on any atom is 0.312 e. The topological polar surface area (TPSA) is 96.4 Å². The van der Waals surface area contributed by atoms with Crippen molar-refractivity contribution in [2.75, 3.05) is 24.7 Å². The van der Waals surface area contributed by atoms with Crippen LogP contribution >= 0.6 is 11.6 Å². The Balaban J connectivity index is 1.64. The van der Waals surface area contributed by atoms with Gasteiger partial charge in [-0.3, -0.25) is 14.4 Å². The van der Waals surface area contributed by atoms with E-state index in [0.29, 0.717) is 48.4 Å². The summed E-state index contributed by atoms with van der Waals surface area (Å²) in [6.07, 6.45) is 6.06. The van der Waals surface area contributed by atoms with Crippen LogP contribution in [0.25, 0.3) is 0 Å². The van der Waals surface area contributed by atoms with Crippen molar-refractivity contribution in [2.24, 2.45) is 11.8 Å². The molecule has 0 aromatic heterocycles. The van der Waals surface area contributed by atoms with E-state index in [1.807, 2.05) is 37.3 Å². The van der Waals surface area contributed by atoms with E-state index in [2.05, 4.69) is 13.2 Å². The summed E-state index contributed by atoms with van der Waals surface area (Å²) in [5, 5.41) is 11.1. The average molecular weight is 607 g/mol. The molecule has 2 bridgehead atoms. The minimum Gasteiger partial charge on any atom is -0.465 e. The third-order valence-corrected chi connectivity index (χ3v) is 9.64. The molecule has 9 heteroatoms. The predicted molar refractivity (Wildman–Crippen MR) is 164 cm³/mol. The van der Waals surface area contributed by atoms with Gasteiger partial charge in [0.15, 0.2) is 0 Å². The number of benzene rings is 2. The zero-order valence-corrected chi connectivity index (χ0v) is 25.2. The number of amides is 2. The fraction of sp³-hybridized carbons (Fsp3) is 0.441. The van der Waals surface area contributed by atoms with Gasteiger partial charge in [-0.25, -0.2) is 0 Å². The Morgan fingerprint density at radius 3 is 2.53 bits per heavy atom. The van der Waals surface area contributed by atoms with Crippen LogP contribution in [0, 0.1) is 11.8 Å². The fourth-order valence-corrected chi connectivity index (χ4v) is 7.64. The number of halogens is 1. The van der Waals surface area contributed by atoms with Gasteiger partial charge in [0, 0.05) is 6.54 Å². The lowest BCUT2D eigenvalue weighted by Crippen LogP contribution is -2.57. The number of anilines is 1. The molecule has 5 rings (SSSR count). The Morgan fingerprint density at radius 1 is 1.16 bits per heavy atom. The number of nitrogens with zero attached hydrogens (tertiary/aromatic N) is 2. The van der Waals surface area contributed by atoms with Crippen LogP contribution < -0.4 is 4.90 Å². The second kappa shape index (κ2) is 12.6. The van der Waals surface area contributed by atoms with Crippen molar-refractivity contribution in [3.63, 3.8) is 0 Å². The van der Waals surface area contributed by atoms with E-state index in [1.54, 1.807) is 36.4 Å². The first kappa shape index (κ1) is 31.0. The summed E-state index contributed by atoms with van der Waals surface area (Å²) in [7, 11) is 0. The van der Waals surface area contributed by atoms with Gasteiger partial charge in [0.25, 0.3) is 5.91 Å². The van der Waals surface area contributed by atoms with Crippen LogP contribution in [0.4, 0.5) is 5.69 Å². The molecule has 6 atom stereocenters. The molecule has 3 saturated heterocycles. The summed E-state index contributed by atoms with van der Waals surface area (Å²) in [6, 6.07) is 14.1. The second-order valence-electron chi connectivity index (χ2n) is 11.5. The zero-order chi connectivity index (χ0) is 30.8. The van der Waals surface area contributed by atoms with Crippen molar-refractivity contribution in [2.45, 2.75) is 62.3 Å². The van der Waals surface area contributed by atoms with Crippen molar-refractivity contribution in [3.8, 4) is 0 Å². The molecule has 0 saturated carbocycles. The maximum atomic E-state index is 14.9. The van der Waals surface area contributed by atoms with Crippen molar-refractivity contribution >= 4 is 35.1 Å². The molecule has 1 N–H and O–H groups in total. The van der Waals surface area contributed by atoms with Crippen LogP contribution in [-0.2, 0) is 23.9 Å². The highest BCUT2D eigenvalue weighted by Gasteiger charge is 2.79. The lowest BCUT2D eigenvalue weighted by Gasteiger charge is -2.39. The van der Waals surface area contributed by atoms with E-state index in [-0.39, 0.29) is 13.2 Å². The summed E-state index contributed by atoms with van der Waals surface area (Å²) in [5.41, 5.74) is -1.09. The number of ether oxygens (including phenoxy) is 2. The molecule has 3 aliphatic heterocycles. The van der Waals surface area contributed by atoms with Gasteiger partial charge >= 0.3 is 5.97 Å². The molecule has 0 aliphatic carbocycles. The van der Waals surface area contributed by atoms with Gasteiger partial charge < -0.3 is 24.4 Å². The molecule has 0 radical (unpaired) electrons. The van der Waals surface area contributed by atoms with Crippen LogP contribution in [0.1, 0.15) is 50.6 Å². The Labute approximate surface area is 257 Å². The minimum atomic E-state index is -1.29. The summed E-state index contributed by atoms with van der Waals surface area (Å²) in [4.78, 5) is 46.3. The highest BCUT2D eigenvalue weighted by molar-refractivity contribution is 6.34. The fourth-order valence-electron chi connectivity index (χ4n) is 7.40. The number of hydrogen-bond acceptors (Lipinski definition) is 6.